The zero-order valence-corrected chi connectivity index (χ0v) is 19.6. The molecule has 1 aromatic carbocycles. The molecule has 1 aliphatic carbocycles. The molecule has 0 bridgehead atoms. The fourth-order valence-corrected chi connectivity index (χ4v) is 4.14. The Balaban J connectivity index is 1.55. The second-order valence-corrected chi connectivity index (χ2v) is 8.75. The Kier molecular flexibility index (Phi) is 9.12. The highest BCUT2D eigenvalue weighted by molar-refractivity contribution is 5.72. The standard InChI is InChI=1S/C23H25F6N3O5/c24-22(25,26)20(23(27,28)29)37-21(34)32-9-7-31(8-10-32)13-17-6-5-15(12-30)11-18(17)35-14-36-19(33)16-3-1-2-4-16/h5-6,11,16,20H,1-4,7-10,13-14H2. The van der Waals surface area contributed by atoms with Gasteiger partial charge in [0.1, 0.15) is 5.75 Å². The van der Waals surface area contributed by atoms with E-state index in [0.29, 0.717) is 16.9 Å². The van der Waals surface area contributed by atoms with Crippen molar-refractivity contribution in [3.8, 4) is 11.8 Å². The number of carbonyl (C=O) groups is 2. The van der Waals surface area contributed by atoms with Crippen molar-refractivity contribution >= 4 is 12.1 Å². The minimum absolute atomic E-state index is 0.133. The molecule has 1 saturated heterocycles. The average Bonchev–Trinajstić information content (AvgIpc) is 3.37. The van der Waals surface area contributed by atoms with Crippen LogP contribution in [0.4, 0.5) is 31.1 Å². The highest BCUT2D eigenvalue weighted by atomic mass is 19.4. The molecule has 0 radical (unpaired) electrons. The van der Waals surface area contributed by atoms with E-state index in [9.17, 15) is 41.2 Å². The highest BCUT2D eigenvalue weighted by Gasteiger charge is 2.60. The van der Waals surface area contributed by atoms with Crippen LogP contribution in [0.2, 0.25) is 0 Å². The summed E-state index contributed by atoms with van der Waals surface area (Å²) in [6.07, 6.45) is -14.0. The maximum atomic E-state index is 12.7. The summed E-state index contributed by atoms with van der Waals surface area (Å²) in [6.45, 7) is -0.161. The molecule has 2 aliphatic rings. The van der Waals surface area contributed by atoms with Crippen molar-refractivity contribution in [2.75, 3.05) is 33.0 Å². The summed E-state index contributed by atoms with van der Waals surface area (Å²) in [6, 6.07) is 6.63. The largest absolute Gasteiger partial charge is 0.457 e. The molecule has 1 amide bonds. The van der Waals surface area contributed by atoms with Gasteiger partial charge in [-0.1, -0.05) is 18.9 Å². The number of amides is 1. The topological polar surface area (TPSA) is 92.1 Å². The smallest absolute Gasteiger partial charge is 0.434 e. The van der Waals surface area contributed by atoms with E-state index < -0.39 is 24.5 Å². The first kappa shape index (κ1) is 28.4. The number of nitrogens with zero attached hydrogens (tertiary/aromatic N) is 3. The van der Waals surface area contributed by atoms with Gasteiger partial charge in [-0.3, -0.25) is 9.69 Å². The molecule has 0 atom stereocenters. The van der Waals surface area contributed by atoms with Crippen molar-refractivity contribution < 1.29 is 50.1 Å². The lowest BCUT2D eigenvalue weighted by molar-refractivity contribution is -0.308. The minimum Gasteiger partial charge on any atom is -0.457 e. The molecule has 1 heterocycles. The number of benzene rings is 1. The van der Waals surface area contributed by atoms with Gasteiger partial charge in [-0.15, -0.1) is 0 Å². The number of rotatable bonds is 7. The van der Waals surface area contributed by atoms with Crippen molar-refractivity contribution in [2.24, 2.45) is 5.92 Å². The van der Waals surface area contributed by atoms with E-state index in [1.165, 1.54) is 6.07 Å². The lowest BCUT2D eigenvalue weighted by Gasteiger charge is -2.35. The molecule has 1 aromatic rings. The van der Waals surface area contributed by atoms with Gasteiger partial charge >= 0.3 is 24.4 Å². The molecular weight excluding hydrogens is 512 g/mol. The predicted octanol–water partition coefficient (Wildman–Crippen LogP) is 4.38. The van der Waals surface area contributed by atoms with Gasteiger partial charge in [-0.2, -0.15) is 31.6 Å². The molecular formula is C23H25F6N3O5. The summed E-state index contributed by atoms with van der Waals surface area (Å²) >= 11 is 0. The molecule has 0 N–H and O–H groups in total. The van der Waals surface area contributed by atoms with E-state index in [0.717, 1.165) is 30.6 Å². The average molecular weight is 537 g/mol. The molecule has 37 heavy (non-hydrogen) atoms. The van der Waals surface area contributed by atoms with Crippen LogP contribution in [0, 0.1) is 17.2 Å². The second-order valence-electron chi connectivity index (χ2n) is 8.75. The second kappa shape index (κ2) is 11.9. The number of piperazine rings is 1. The first-order valence-electron chi connectivity index (χ1n) is 11.5. The van der Waals surface area contributed by atoms with Gasteiger partial charge in [-0.25, -0.2) is 4.79 Å². The van der Waals surface area contributed by atoms with Gasteiger partial charge in [0.15, 0.2) is 0 Å². The predicted molar refractivity (Wildman–Crippen MR) is 114 cm³/mol. The zero-order valence-electron chi connectivity index (χ0n) is 19.6. The Morgan fingerprint density at radius 1 is 1.03 bits per heavy atom. The van der Waals surface area contributed by atoms with Crippen molar-refractivity contribution in [1.82, 2.24) is 9.80 Å². The number of ether oxygens (including phenoxy) is 3. The Hall–Kier alpha value is -3.21. The quantitative estimate of drug-likeness (QED) is 0.290. The molecule has 3 rings (SSSR count). The van der Waals surface area contributed by atoms with Crippen LogP contribution in [0.5, 0.6) is 5.75 Å². The summed E-state index contributed by atoms with van der Waals surface area (Å²) in [5, 5.41) is 9.18. The zero-order chi connectivity index (χ0) is 27.2. The molecule has 14 heteroatoms. The monoisotopic (exact) mass is 537 g/mol. The van der Waals surface area contributed by atoms with Crippen LogP contribution in [0.1, 0.15) is 36.8 Å². The third-order valence-corrected chi connectivity index (χ3v) is 6.14. The van der Waals surface area contributed by atoms with E-state index in [4.69, 9.17) is 9.47 Å². The van der Waals surface area contributed by atoms with E-state index in [-0.39, 0.29) is 51.4 Å². The third-order valence-electron chi connectivity index (χ3n) is 6.14. The molecule has 1 aliphatic heterocycles. The van der Waals surface area contributed by atoms with Crippen molar-refractivity contribution in [1.29, 1.82) is 5.26 Å². The number of nitriles is 1. The van der Waals surface area contributed by atoms with Crippen LogP contribution in [0.15, 0.2) is 18.2 Å². The normalized spacial score (nSPS) is 17.5. The maximum absolute atomic E-state index is 12.7. The van der Waals surface area contributed by atoms with E-state index in [2.05, 4.69) is 4.74 Å². The Morgan fingerprint density at radius 3 is 2.22 bits per heavy atom. The highest BCUT2D eigenvalue weighted by Crippen LogP contribution is 2.36. The van der Waals surface area contributed by atoms with Gasteiger partial charge in [0.2, 0.25) is 6.79 Å². The first-order valence-corrected chi connectivity index (χ1v) is 11.5. The number of carbonyl (C=O) groups excluding carboxylic acids is 2. The minimum atomic E-state index is -5.78. The van der Waals surface area contributed by atoms with Crippen LogP contribution >= 0.6 is 0 Å². The van der Waals surface area contributed by atoms with Gasteiger partial charge in [-0.05, 0) is 25.0 Å². The van der Waals surface area contributed by atoms with Crippen LogP contribution in [0.3, 0.4) is 0 Å². The van der Waals surface area contributed by atoms with Gasteiger partial charge < -0.3 is 19.1 Å². The van der Waals surface area contributed by atoms with Gasteiger partial charge in [0, 0.05) is 38.3 Å². The van der Waals surface area contributed by atoms with E-state index in [1.54, 1.807) is 17.0 Å². The molecule has 2 fully saturated rings. The summed E-state index contributed by atoms with van der Waals surface area (Å²) in [5.41, 5.74) is 0.915. The van der Waals surface area contributed by atoms with Crippen LogP contribution in [-0.2, 0) is 20.8 Å². The van der Waals surface area contributed by atoms with Crippen molar-refractivity contribution in [3.63, 3.8) is 0 Å². The Labute approximate surface area is 208 Å². The molecule has 0 aromatic heterocycles. The van der Waals surface area contributed by atoms with Crippen molar-refractivity contribution in [3.05, 3.63) is 29.3 Å². The van der Waals surface area contributed by atoms with E-state index >= 15 is 0 Å². The Morgan fingerprint density at radius 2 is 1.65 bits per heavy atom. The maximum Gasteiger partial charge on any atom is 0.434 e. The first-order chi connectivity index (χ1) is 17.4. The third kappa shape index (κ3) is 7.88. The SMILES string of the molecule is N#Cc1ccc(CN2CCN(C(=O)OC(C(F)(F)F)C(F)(F)F)CC2)c(OCOC(=O)C2CCCC2)c1. The number of halogens is 6. The van der Waals surface area contributed by atoms with Crippen LogP contribution in [0.25, 0.3) is 0 Å². The number of esters is 1. The van der Waals surface area contributed by atoms with Crippen LogP contribution in [-0.4, -0.2) is 73.3 Å². The van der Waals surface area contributed by atoms with Gasteiger partial charge in [0.25, 0.3) is 6.10 Å². The Bertz CT molecular complexity index is 982. The van der Waals surface area contributed by atoms with E-state index in [1.807, 2.05) is 6.07 Å². The fourth-order valence-electron chi connectivity index (χ4n) is 4.14. The number of hydrogen-bond acceptors (Lipinski definition) is 7. The number of alkyl halides is 6. The number of hydrogen-bond donors (Lipinski definition) is 0. The van der Waals surface area contributed by atoms with Crippen LogP contribution < -0.4 is 4.74 Å². The summed E-state index contributed by atoms with van der Waals surface area (Å²) < 4.78 is 90.5. The molecule has 0 spiro atoms. The summed E-state index contributed by atoms with van der Waals surface area (Å²) in [4.78, 5) is 26.6. The molecule has 8 nitrogen and oxygen atoms in total. The lowest BCUT2D eigenvalue weighted by Crippen LogP contribution is -2.52. The lowest BCUT2D eigenvalue weighted by atomic mass is 10.1. The molecule has 1 saturated carbocycles. The summed E-state index contributed by atoms with van der Waals surface area (Å²) in [7, 11) is 0. The molecule has 0 unspecified atom stereocenters. The fraction of sp³-hybridized carbons (Fsp3) is 0.609. The van der Waals surface area contributed by atoms with Crippen molar-refractivity contribution in [2.45, 2.75) is 50.7 Å². The van der Waals surface area contributed by atoms with Gasteiger partial charge in [0.05, 0.1) is 17.6 Å². The summed E-state index contributed by atoms with van der Waals surface area (Å²) in [5.74, 6) is -0.214. The molecule has 204 valence electrons.